The van der Waals surface area contributed by atoms with Crippen molar-refractivity contribution in [3.05, 3.63) is 0 Å². The van der Waals surface area contributed by atoms with Crippen LogP contribution in [-0.2, 0) is 9.84 Å². The second-order valence-corrected chi connectivity index (χ2v) is 9.05. The maximum atomic E-state index is 11.7. The topological polar surface area (TPSA) is 49.4 Å². The van der Waals surface area contributed by atoms with Crippen LogP contribution in [0.3, 0.4) is 0 Å². The average molecular weight is 288 g/mol. The maximum Gasteiger partial charge on any atom is 0.151 e. The summed E-state index contributed by atoms with van der Waals surface area (Å²) in [5.74, 6) is 1.89. The zero-order valence-electron chi connectivity index (χ0n) is 12.6. The first-order chi connectivity index (χ1) is 8.80. The Morgan fingerprint density at radius 1 is 1.16 bits per heavy atom. The number of hydrogen-bond acceptors (Lipinski definition) is 4. The van der Waals surface area contributed by atoms with E-state index in [0.717, 1.165) is 19.5 Å². The molecular formula is C14H28N2O2S. The first-order valence-corrected chi connectivity index (χ1v) is 9.32. The van der Waals surface area contributed by atoms with Gasteiger partial charge in [0.05, 0.1) is 11.5 Å². The van der Waals surface area contributed by atoms with E-state index < -0.39 is 9.84 Å². The molecule has 0 aromatic heterocycles. The van der Waals surface area contributed by atoms with E-state index in [9.17, 15) is 8.42 Å². The highest BCUT2D eigenvalue weighted by Gasteiger charge is 2.39. The summed E-state index contributed by atoms with van der Waals surface area (Å²) in [6, 6.07) is 1.19. The summed E-state index contributed by atoms with van der Waals surface area (Å²) < 4.78 is 23.5. The molecule has 0 spiro atoms. The molecule has 2 heterocycles. The van der Waals surface area contributed by atoms with E-state index in [0.29, 0.717) is 35.4 Å². The Bertz CT molecular complexity index is 406. The summed E-state index contributed by atoms with van der Waals surface area (Å²) in [6.07, 6.45) is 0.816. The van der Waals surface area contributed by atoms with Crippen molar-refractivity contribution in [1.82, 2.24) is 10.2 Å². The van der Waals surface area contributed by atoms with Crippen LogP contribution in [0.1, 0.15) is 34.1 Å². The molecule has 4 nitrogen and oxygen atoms in total. The largest absolute Gasteiger partial charge is 0.311 e. The summed E-state index contributed by atoms with van der Waals surface area (Å²) >= 11 is 0. The SMILES string of the molecule is CC(C)C1CN(C2CCS(=O)(=O)C2)C(C(C)C)CN1. The summed E-state index contributed by atoms with van der Waals surface area (Å²) in [7, 11) is -2.79. The van der Waals surface area contributed by atoms with Crippen LogP contribution < -0.4 is 5.32 Å². The Morgan fingerprint density at radius 3 is 2.32 bits per heavy atom. The van der Waals surface area contributed by atoms with E-state index >= 15 is 0 Å². The lowest BCUT2D eigenvalue weighted by molar-refractivity contribution is 0.0542. The Labute approximate surface area is 117 Å². The Balaban J connectivity index is 2.12. The van der Waals surface area contributed by atoms with E-state index in [1.54, 1.807) is 0 Å². The van der Waals surface area contributed by atoms with Crippen molar-refractivity contribution in [2.75, 3.05) is 24.6 Å². The van der Waals surface area contributed by atoms with Crippen molar-refractivity contribution < 1.29 is 8.42 Å². The molecule has 0 bridgehead atoms. The maximum absolute atomic E-state index is 11.7. The highest BCUT2D eigenvalue weighted by molar-refractivity contribution is 7.91. The van der Waals surface area contributed by atoms with Crippen LogP contribution >= 0.6 is 0 Å². The van der Waals surface area contributed by atoms with Crippen LogP contribution in [0.25, 0.3) is 0 Å². The minimum Gasteiger partial charge on any atom is -0.311 e. The van der Waals surface area contributed by atoms with Gasteiger partial charge in [-0.05, 0) is 18.3 Å². The van der Waals surface area contributed by atoms with Crippen LogP contribution in [0.15, 0.2) is 0 Å². The minimum atomic E-state index is -2.79. The van der Waals surface area contributed by atoms with Crippen molar-refractivity contribution >= 4 is 9.84 Å². The lowest BCUT2D eigenvalue weighted by Gasteiger charge is -2.46. The highest BCUT2D eigenvalue weighted by Crippen LogP contribution is 2.26. The number of nitrogens with zero attached hydrogens (tertiary/aromatic N) is 1. The summed E-state index contributed by atoms with van der Waals surface area (Å²) in [5.41, 5.74) is 0. The van der Waals surface area contributed by atoms with Crippen LogP contribution in [0.4, 0.5) is 0 Å². The molecular weight excluding hydrogens is 260 g/mol. The van der Waals surface area contributed by atoms with Crippen molar-refractivity contribution in [3.8, 4) is 0 Å². The number of rotatable bonds is 3. The molecule has 1 N–H and O–H groups in total. The molecule has 3 atom stereocenters. The fourth-order valence-corrected chi connectivity index (χ4v) is 5.08. The molecule has 0 amide bonds. The molecule has 2 saturated heterocycles. The van der Waals surface area contributed by atoms with E-state index in [4.69, 9.17) is 0 Å². The zero-order chi connectivity index (χ0) is 14.2. The van der Waals surface area contributed by atoms with Gasteiger partial charge in [0.1, 0.15) is 0 Å². The normalized spacial score (nSPS) is 36.2. The van der Waals surface area contributed by atoms with Crippen LogP contribution in [0.2, 0.25) is 0 Å². The molecule has 2 fully saturated rings. The van der Waals surface area contributed by atoms with Crippen molar-refractivity contribution in [3.63, 3.8) is 0 Å². The van der Waals surface area contributed by atoms with E-state index in [1.807, 2.05) is 0 Å². The second kappa shape index (κ2) is 5.70. The summed E-state index contributed by atoms with van der Waals surface area (Å²) in [5, 5.41) is 3.63. The van der Waals surface area contributed by atoms with Crippen molar-refractivity contribution in [1.29, 1.82) is 0 Å². The van der Waals surface area contributed by atoms with E-state index in [2.05, 4.69) is 37.9 Å². The zero-order valence-corrected chi connectivity index (χ0v) is 13.4. The quantitative estimate of drug-likeness (QED) is 0.846. The first kappa shape index (κ1) is 15.3. The van der Waals surface area contributed by atoms with Crippen LogP contribution in [-0.4, -0.2) is 56.0 Å². The van der Waals surface area contributed by atoms with Gasteiger partial charge in [0.15, 0.2) is 9.84 Å². The van der Waals surface area contributed by atoms with Gasteiger partial charge in [-0.25, -0.2) is 8.42 Å². The lowest BCUT2D eigenvalue weighted by atomic mass is 9.92. The van der Waals surface area contributed by atoms with Gasteiger partial charge in [-0.2, -0.15) is 0 Å². The van der Waals surface area contributed by atoms with Crippen molar-refractivity contribution in [2.24, 2.45) is 11.8 Å². The number of hydrogen-bond donors (Lipinski definition) is 1. The van der Waals surface area contributed by atoms with Crippen LogP contribution in [0, 0.1) is 11.8 Å². The smallest absolute Gasteiger partial charge is 0.151 e. The molecule has 112 valence electrons. The molecule has 19 heavy (non-hydrogen) atoms. The molecule has 2 aliphatic rings. The fourth-order valence-electron chi connectivity index (χ4n) is 3.34. The Kier molecular flexibility index (Phi) is 4.58. The molecule has 3 unspecified atom stereocenters. The van der Waals surface area contributed by atoms with Gasteiger partial charge < -0.3 is 5.32 Å². The fraction of sp³-hybridized carbons (Fsp3) is 1.00. The number of sulfone groups is 1. The van der Waals surface area contributed by atoms with Gasteiger partial charge in [0, 0.05) is 31.2 Å². The summed E-state index contributed by atoms with van der Waals surface area (Å²) in [6.45, 7) is 10.9. The van der Waals surface area contributed by atoms with Gasteiger partial charge in [0.25, 0.3) is 0 Å². The Hall–Kier alpha value is -0.130. The molecule has 0 aliphatic carbocycles. The Morgan fingerprint density at radius 2 is 1.84 bits per heavy atom. The second-order valence-electron chi connectivity index (χ2n) is 6.82. The van der Waals surface area contributed by atoms with Crippen molar-refractivity contribution in [2.45, 2.75) is 52.2 Å². The average Bonchev–Trinajstić information content (AvgIpc) is 2.68. The monoisotopic (exact) mass is 288 g/mol. The van der Waals surface area contributed by atoms with Gasteiger partial charge in [-0.15, -0.1) is 0 Å². The third-order valence-corrected chi connectivity index (χ3v) is 6.42. The van der Waals surface area contributed by atoms with Gasteiger partial charge in [0.2, 0.25) is 0 Å². The van der Waals surface area contributed by atoms with Gasteiger partial charge >= 0.3 is 0 Å². The van der Waals surface area contributed by atoms with Gasteiger partial charge in [-0.3, -0.25) is 4.90 Å². The number of piperazine rings is 1. The molecule has 0 aromatic carbocycles. The summed E-state index contributed by atoms with van der Waals surface area (Å²) in [4.78, 5) is 2.48. The van der Waals surface area contributed by atoms with E-state index in [-0.39, 0.29) is 6.04 Å². The molecule has 0 radical (unpaired) electrons. The predicted molar refractivity (Wildman–Crippen MR) is 79.0 cm³/mol. The van der Waals surface area contributed by atoms with Gasteiger partial charge in [-0.1, -0.05) is 27.7 Å². The molecule has 2 rings (SSSR count). The molecule has 0 saturated carbocycles. The third-order valence-electron chi connectivity index (χ3n) is 4.67. The van der Waals surface area contributed by atoms with E-state index in [1.165, 1.54) is 0 Å². The van der Waals surface area contributed by atoms with Crippen LogP contribution in [0.5, 0.6) is 0 Å². The third kappa shape index (κ3) is 3.50. The predicted octanol–water partition coefficient (Wildman–Crippen LogP) is 1.13. The molecule has 2 aliphatic heterocycles. The highest BCUT2D eigenvalue weighted by atomic mass is 32.2. The standard InChI is InChI=1S/C14H28N2O2S/c1-10(2)13-8-16(14(7-15-13)11(3)4)12-5-6-19(17,18)9-12/h10-15H,5-9H2,1-4H3. The first-order valence-electron chi connectivity index (χ1n) is 7.49. The molecule has 5 heteroatoms. The minimum absolute atomic E-state index is 0.237. The lowest BCUT2D eigenvalue weighted by Crippen LogP contribution is -2.62. The number of nitrogens with one attached hydrogen (secondary N) is 1. The molecule has 0 aromatic rings.